The number of aromatic nitrogens is 1. The van der Waals surface area contributed by atoms with Gasteiger partial charge in [0.05, 0.1) is 5.69 Å². The summed E-state index contributed by atoms with van der Waals surface area (Å²) < 4.78 is 0. The number of hydrogen-bond donors (Lipinski definition) is 2. The van der Waals surface area contributed by atoms with E-state index in [-0.39, 0.29) is 11.3 Å². The minimum absolute atomic E-state index is 0.0288. The van der Waals surface area contributed by atoms with Gasteiger partial charge in [0, 0.05) is 41.3 Å². The van der Waals surface area contributed by atoms with Crippen molar-refractivity contribution in [2.75, 3.05) is 23.4 Å². The van der Waals surface area contributed by atoms with E-state index in [1.165, 1.54) is 11.3 Å². The Bertz CT molecular complexity index is 433. The third-order valence-corrected chi connectivity index (χ3v) is 4.84. The molecule has 19 heavy (non-hydrogen) atoms. The van der Waals surface area contributed by atoms with Gasteiger partial charge in [-0.05, 0) is 0 Å². The third-order valence-electron chi connectivity index (χ3n) is 2.95. The molecule has 2 rings (SSSR count). The lowest BCUT2D eigenvalue weighted by atomic mass is 9.93. The molecule has 6 heteroatoms. The van der Waals surface area contributed by atoms with Gasteiger partial charge in [0.25, 0.3) is 0 Å². The number of thiazole rings is 1. The van der Waals surface area contributed by atoms with Gasteiger partial charge in [0.2, 0.25) is 5.91 Å². The van der Waals surface area contributed by atoms with Crippen LogP contribution in [0.4, 0.5) is 5.13 Å². The van der Waals surface area contributed by atoms with Crippen molar-refractivity contribution in [3.05, 3.63) is 11.1 Å². The highest BCUT2D eigenvalue weighted by Crippen LogP contribution is 2.26. The molecule has 2 N–H and O–H groups in total. The number of anilines is 1. The molecule has 1 saturated heterocycles. The number of hydrogen-bond acceptors (Lipinski definition) is 5. The monoisotopic (exact) mass is 299 g/mol. The summed E-state index contributed by atoms with van der Waals surface area (Å²) in [6.07, 6.45) is 0.525. The Hall–Kier alpha value is -0.590. The van der Waals surface area contributed by atoms with Gasteiger partial charge in [0.15, 0.2) is 5.13 Å². The van der Waals surface area contributed by atoms with Crippen molar-refractivity contribution >= 4 is 34.1 Å². The standard InChI is InChI=1S/C13H21N3OS2/c1-13(2,3)10-8-19-12(15-10)16-11(17)6-9-7-18-5-4-14-9/h8-9,14H,4-7H2,1-3H3,(H,15,16,17). The van der Waals surface area contributed by atoms with E-state index in [1.54, 1.807) is 0 Å². The molecule has 0 radical (unpaired) electrons. The van der Waals surface area contributed by atoms with Crippen LogP contribution >= 0.6 is 23.1 Å². The molecule has 1 aromatic rings. The van der Waals surface area contributed by atoms with Crippen molar-refractivity contribution in [1.82, 2.24) is 10.3 Å². The number of thioether (sulfide) groups is 1. The summed E-state index contributed by atoms with van der Waals surface area (Å²) in [4.78, 5) is 16.4. The summed E-state index contributed by atoms with van der Waals surface area (Å²) in [5.74, 6) is 2.20. The topological polar surface area (TPSA) is 54.0 Å². The smallest absolute Gasteiger partial charge is 0.227 e. The lowest BCUT2D eigenvalue weighted by Crippen LogP contribution is -2.39. The van der Waals surface area contributed by atoms with Gasteiger partial charge in [-0.1, -0.05) is 20.8 Å². The van der Waals surface area contributed by atoms with Crippen LogP contribution in [0.15, 0.2) is 5.38 Å². The first-order valence-electron chi connectivity index (χ1n) is 6.52. The summed E-state index contributed by atoms with van der Waals surface area (Å²) >= 11 is 3.40. The average Bonchev–Trinajstić information content (AvgIpc) is 2.78. The number of nitrogens with one attached hydrogen (secondary N) is 2. The van der Waals surface area contributed by atoms with Gasteiger partial charge >= 0.3 is 0 Å². The minimum atomic E-state index is 0.0288. The van der Waals surface area contributed by atoms with Crippen LogP contribution in [0.25, 0.3) is 0 Å². The average molecular weight is 299 g/mol. The first kappa shape index (κ1) is 14.8. The minimum Gasteiger partial charge on any atom is -0.312 e. The summed E-state index contributed by atoms with van der Waals surface area (Å²) in [7, 11) is 0. The van der Waals surface area contributed by atoms with E-state index in [1.807, 2.05) is 17.1 Å². The molecule has 106 valence electrons. The molecule has 0 aliphatic carbocycles. The predicted octanol–water partition coefficient (Wildman–Crippen LogP) is 2.47. The zero-order valence-corrected chi connectivity index (χ0v) is 13.3. The van der Waals surface area contributed by atoms with E-state index in [9.17, 15) is 4.79 Å². The number of carbonyl (C=O) groups is 1. The van der Waals surface area contributed by atoms with E-state index in [2.05, 4.69) is 36.4 Å². The molecule has 0 bridgehead atoms. The molecule has 0 aromatic carbocycles. The molecule has 0 spiro atoms. The molecular weight excluding hydrogens is 278 g/mol. The summed E-state index contributed by atoms with van der Waals surface area (Å²) in [5.41, 5.74) is 1.06. The quantitative estimate of drug-likeness (QED) is 0.900. The van der Waals surface area contributed by atoms with E-state index in [4.69, 9.17) is 0 Å². The maximum Gasteiger partial charge on any atom is 0.227 e. The van der Waals surface area contributed by atoms with Gasteiger partial charge in [0.1, 0.15) is 0 Å². The van der Waals surface area contributed by atoms with Gasteiger partial charge in [-0.2, -0.15) is 11.8 Å². The Morgan fingerprint density at radius 2 is 2.37 bits per heavy atom. The molecule has 1 aliphatic heterocycles. The normalized spacial score (nSPS) is 20.3. The summed E-state index contributed by atoms with van der Waals surface area (Å²) in [6.45, 7) is 7.36. The van der Waals surface area contributed by atoms with Crippen molar-refractivity contribution < 1.29 is 4.79 Å². The highest BCUT2D eigenvalue weighted by atomic mass is 32.2. The Morgan fingerprint density at radius 1 is 1.58 bits per heavy atom. The predicted molar refractivity (Wildman–Crippen MR) is 83.2 cm³/mol. The van der Waals surface area contributed by atoms with Gasteiger partial charge in [-0.25, -0.2) is 4.98 Å². The Balaban J connectivity index is 1.86. The molecule has 1 unspecified atom stereocenters. The van der Waals surface area contributed by atoms with Crippen LogP contribution in [0.1, 0.15) is 32.9 Å². The second kappa shape index (κ2) is 6.24. The highest BCUT2D eigenvalue weighted by Gasteiger charge is 2.20. The van der Waals surface area contributed by atoms with Crippen LogP contribution in [0, 0.1) is 0 Å². The van der Waals surface area contributed by atoms with Gasteiger partial charge in [-0.3, -0.25) is 4.79 Å². The zero-order valence-electron chi connectivity index (χ0n) is 11.7. The second-order valence-electron chi connectivity index (χ2n) is 5.77. The van der Waals surface area contributed by atoms with Crippen molar-refractivity contribution in [3.8, 4) is 0 Å². The molecule has 1 aliphatic rings. The fourth-order valence-electron chi connectivity index (χ4n) is 1.82. The number of nitrogens with zero attached hydrogens (tertiary/aromatic N) is 1. The first-order valence-corrected chi connectivity index (χ1v) is 8.55. The lowest BCUT2D eigenvalue weighted by Gasteiger charge is -2.22. The highest BCUT2D eigenvalue weighted by molar-refractivity contribution is 7.99. The molecule has 2 heterocycles. The molecular formula is C13H21N3OS2. The van der Waals surface area contributed by atoms with Gasteiger partial charge in [-0.15, -0.1) is 11.3 Å². The first-order chi connectivity index (χ1) is 8.95. The van der Waals surface area contributed by atoms with E-state index in [0.29, 0.717) is 17.6 Å². The maximum atomic E-state index is 11.9. The molecule has 4 nitrogen and oxygen atoms in total. The molecule has 1 fully saturated rings. The largest absolute Gasteiger partial charge is 0.312 e. The Labute approximate surface area is 122 Å². The van der Waals surface area contributed by atoms with Crippen molar-refractivity contribution in [2.24, 2.45) is 0 Å². The maximum absolute atomic E-state index is 11.9. The van der Waals surface area contributed by atoms with Crippen LogP contribution in [0.3, 0.4) is 0 Å². The van der Waals surface area contributed by atoms with E-state index >= 15 is 0 Å². The molecule has 1 atom stereocenters. The fraction of sp³-hybridized carbons (Fsp3) is 0.692. The lowest BCUT2D eigenvalue weighted by molar-refractivity contribution is -0.116. The number of amides is 1. The second-order valence-corrected chi connectivity index (χ2v) is 7.77. The van der Waals surface area contributed by atoms with Crippen molar-refractivity contribution in [3.63, 3.8) is 0 Å². The summed E-state index contributed by atoms with van der Waals surface area (Å²) in [6, 6.07) is 0.292. The van der Waals surface area contributed by atoms with Crippen molar-refractivity contribution in [2.45, 2.75) is 38.6 Å². The van der Waals surface area contributed by atoms with E-state index < -0.39 is 0 Å². The number of rotatable bonds is 3. The van der Waals surface area contributed by atoms with Crippen LogP contribution in [-0.2, 0) is 10.2 Å². The molecule has 1 aromatic heterocycles. The van der Waals surface area contributed by atoms with Crippen molar-refractivity contribution in [1.29, 1.82) is 0 Å². The van der Waals surface area contributed by atoms with Crippen LogP contribution < -0.4 is 10.6 Å². The Morgan fingerprint density at radius 3 is 2.95 bits per heavy atom. The Kier molecular flexibility index (Phi) is 4.86. The van der Waals surface area contributed by atoms with Crippen LogP contribution in [0.2, 0.25) is 0 Å². The van der Waals surface area contributed by atoms with E-state index in [0.717, 1.165) is 23.7 Å². The SMILES string of the molecule is CC(C)(C)c1csc(NC(=O)CC2CSCCN2)n1. The molecule has 0 saturated carbocycles. The van der Waals surface area contributed by atoms with Crippen LogP contribution in [0.5, 0.6) is 0 Å². The number of carbonyl (C=O) groups excluding carboxylic acids is 1. The van der Waals surface area contributed by atoms with Crippen LogP contribution in [-0.4, -0.2) is 35.0 Å². The fourth-order valence-corrected chi connectivity index (χ4v) is 3.72. The summed E-state index contributed by atoms with van der Waals surface area (Å²) in [5, 5.41) is 8.99. The zero-order chi connectivity index (χ0) is 13.9. The van der Waals surface area contributed by atoms with Gasteiger partial charge < -0.3 is 10.6 Å². The molecule has 1 amide bonds. The third kappa shape index (κ3) is 4.47.